The number of aromatic nitrogens is 2. The second kappa shape index (κ2) is 6.85. The maximum absolute atomic E-state index is 13.5. The molecule has 0 aliphatic heterocycles. The summed E-state index contributed by atoms with van der Waals surface area (Å²) in [6, 6.07) is 3.20. The molecule has 0 atom stereocenters. The van der Waals surface area contributed by atoms with E-state index in [1.54, 1.807) is 6.07 Å². The van der Waals surface area contributed by atoms with E-state index in [4.69, 9.17) is 0 Å². The minimum atomic E-state index is -0.275. The van der Waals surface area contributed by atoms with Gasteiger partial charge in [0.2, 0.25) is 0 Å². The topological polar surface area (TPSA) is 49.8 Å². The molecule has 0 aliphatic carbocycles. The molecule has 21 heavy (non-hydrogen) atoms. The highest BCUT2D eigenvalue weighted by Gasteiger charge is 2.10. The Kier molecular flexibility index (Phi) is 5.12. The molecule has 0 radical (unpaired) electrons. The number of rotatable bonds is 5. The van der Waals surface area contributed by atoms with Crippen LogP contribution < -0.4 is 10.6 Å². The Morgan fingerprint density at radius 1 is 1.19 bits per heavy atom. The van der Waals surface area contributed by atoms with Crippen LogP contribution in [0, 0.1) is 19.7 Å². The number of aryl methyl sites for hydroxylation is 1. The number of hydrogen-bond donors (Lipinski definition) is 2. The van der Waals surface area contributed by atoms with Gasteiger partial charge in [0.25, 0.3) is 0 Å². The van der Waals surface area contributed by atoms with Gasteiger partial charge in [0.15, 0.2) is 0 Å². The van der Waals surface area contributed by atoms with Crippen LogP contribution in [-0.4, -0.2) is 16.5 Å². The van der Waals surface area contributed by atoms with Crippen molar-refractivity contribution in [1.29, 1.82) is 0 Å². The van der Waals surface area contributed by atoms with Gasteiger partial charge in [-0.05, 0) is 53.9 Å². The number of nitrogens with zero attached hydrogens (tertiary/aromatic N) is 2. The molecule has 0 fully saturated rings. The zero-order valence-corrected chi connectivity index (χ0v) is 13.9. The fourth-order valence-corrected chi connectivity index (χ4v) is 2.25. The first-order valence-electron chi connectivity index (χ1n) is 6.81. The number of nitrogens with one attached hydrogen (secondary N) is 2. The molecule has 4 nitrogen and oxygen atoms in total. The molecule has 0 saturated carbocycles. The van der Waals surface area contributed by atoms with Crippen molar-refractivity contribution < 1.29 is 4.39 Å². The largest absolute Gasteiger partial charge is 0.370 e. The molecule has 6 heteroatoms. The Hall–Kier alpha value is -1.69. The van der Waals surface area contributed by atoms with Gasteiger partial charge in [-0.2, -0.15) is 0 Å². The quantitative estimate of drug-likeness (QED) is 0.827. The second-order valence-corrected chi connectivity index (χ2v) is 5.68. The molecule has 0 amide bonds. The Bertz CT molecular complexity index is 646. The third-order valence-electron chi connectivity index (χ3n) is 3.15. The standard InChI is InChI=1S/C15H18BrFN4/c1-4-5-18-14-10(3)15(20-8-19-14)21-13-7-11(16)12(17)6-9(13)2/h6-8H,4-5H2,1-3H3,(H2,18,19,20,21). The van der Waals surface area contributed by atoms with E-state index in [-0.39, 0.29) is 5.82 Å². The van der Waals surface area contributed by atoms with Gasteiger partial charge in [0, 0.05) is 17.8 Å². The zero-order chi connectivity index (χ0) is 15.4. The van der Waals surface area contributed by atoms with E-state index in [0.717, 1.165) is 35.6 Å². The van der Waals surface area contributed by atoms with Crippen LogP contribution in [-0.2, 0) is 0 Å². The van der Waals surface area contributed by atoms with Crippen LogP contribution >= 0.6 is 15.9 Å². The highest BCUT2D eigenvalue weighted by molar-refractivity contribution is 9.10. The summed E-state index contributed by atoms with van der Waals surface area (Å²) >= 11 is 3.20. The Labute approximate surface area is 132 Å². The summed E-state index contributed by atoms with van der Waals surface area (Å²) in [6.07, 6.45) is 2.54. The van der Waals surface area contributed by atoms with Crippen LogP contribution in [0.15, 0.2) is 22.9 Å². The van der Waals surface area contributed by atoms with Crippen LogP contribution in [0.2, 0.25) is 0 Å². The average molecular weight is 353 g/mol. The molecule has 1 heterocycles. The lowest BCUT2D eigenvalue weighted by atomic mass is 10.2. The summed E-state index contributed by atoms with van der Waals surface area (Å²) in [5.74, 6) is 1.25. The van der Waals surface area contributed by atoms with E-state index >= 15 is 0 Å². The molecular weight excluding hydrogens is 335 g/mol. The first-order valence-corrected chi connectivity index (χ1v) is 7.60. The summed E-state index contributed by atoms with van der Waals surface area (Å²) in [5.41, 5.74) is 2.56. The summed E-state index contributed by atoms with van der Waals surface area (Å²) in [5, 5.41) is 6.50. The van der Waals surface area contributed by atoms with Crippen LogP contribution in [0.1, 0.15) is 24.5 Å². The van der Waals surface area contributed by atoms with E-state index in [2.05, 4.69) is 43.5 Å². The third kappa shape index (κ3) is 3.69. The molecule has 0 spiro atoms. The van der Waals surface area contributed by atoms with Gasteiger partial charge in [-0.15, -0.1) is 0 Å². The van der Waals surface area contributed by atoms with Gasteiger partial charge in [-0.1, -0.05) is 6.92 Å². The monoisotopic (exact) mass is 352 g/mol. The normalized spacial score (nSPS) is 10.5. The Morgan fingerprint density at radius 2 is 1.90 bits per heavy atom. The van der Waals surface area contributed by atoms with Crippen molar-refractivity contribution in [3.8, 4) is 0 Å². The summed E-state index contributed by atoms with van der Waals surface area (Å²) in [4.78, 5) is 8.50. The first-order chi connectivity index (χ1) is 10.0. The first kappa shape index (κ1) is 15.7. The SMILES string of the molecule is CCCNc1ncnc(Nc2cc(Br)c(F)cc2C)c1C. The van der Waals surface area contributed by atoms with E-state index in [1.807, 2.05) is 13.8 Å². The highest BCUT2D eigenvalue weighted by atomic mass is 79.9. The van der Waals surface area contributed by atoms with Crippen LogP contribution in [0.3, 0.4) is 0 Å². The molecule has 0 aliphatic rings. The number of halogens is 2. The highest BCUT2D eigenvalue weighted by Crippen LogP contribution is 2.28. The maximum Gasteiger partial charge on any atom is 0.138 e. The Morgan fingerprint density at radius 3 is 2.62 bits per heavy atom. The minimum Gasteiger partial charge on any atom is -0.370 e. The summed E-state index contributed by atoms with van der Waals surface area (Å²) in [6.45, 7) is 6.76. The van der Waals surface area contributed by atoms with Crippen molar-refractivity contribution in [1.82, 2.24) is 9.97 Å². The molecule has 2 rings (SSSR count). The molecule has 2 N–H and O–H groups in total. The van der Waals surface area contributed by atoms with Gasteiger partial charge in [-0.3, -0.25) is 0 Å². The predicted octanol–water partition coefficient (Wildman–Crippen LogP) is 4.56. The molecule has 0 bridgehead atoms. The maximum atomic E-state index is 13.5. The van der Waals surface area contributed by atoms with Crippen LogP contribution in [0.25, 0.3) is 0 Å². The van der Waals surface area contributed by atoms with E-state index in [9.17, 15) is 4.39 Å². The lowest BCUT2D eigenvalue weighted by Crippen LogP contribution is -2.07. The summed E-state index contributed by atoms with van der Waals surface area (Å²) < 4.78 is 13.9. The van der Waals surface area contributed by atoms with E-state index in [1.165, 1.54) is 12.4 Å². The average Bonchev–Trinajstić information content (AvgIpc) is 2.45. The zero-order valence-electron chi connectivity index (χ0n) is 12.3. The van der Waals surface area contributed by atoms with Crippen molar-refractivity contribution in [2.24, 2.45) is 0 Å². The van der Waals surface area contributed by atoms with E-state index in [0.29, 0.717) is 10.3 Å². The van der Waals surface area contributed by atoms with Gasteiger partial charge in [0.05, 0.1) is 4.47 Å². The van der Waals surface area contributed by atoms with Gasteiger partial charge >= 0.3 is 0 Å². The summed E-state index contributed by atoms with van der Waals surface area (Å²) in [7, 11) is 0. The number of anilines is 3. The van der Waals surface area contributed by atoms with Crippen molar-refractivity contribution in [3.63, 3.8) is 0 Å². The van der Waals surface area contributed by atoms with Crippen LogP contribution in [0.4, 0.5) is 21.7 Å². The number of benzene rings is 1. The van der Waals surface area contributed by atoms with Crippen molar-refractivity contribution >= 4 is 33.3 Å². The lowest BCUT2D eigenvalue weighted by Gasteiger charge is -2.14. The van der Waals surface area contributed by atoms with Gasteiger partial charge < -0.3 is 10.6 Å². The minimum absolute atomic E-state index is 0.275. The molecule has 0 unspecified atom stereocenters. The van der Waals surface area contributed by atoms with E-state index < -0.39 is 0 Å². The predicted molar refractivity (Wildman–Crippen MR) is 87.7 cm³/mol. The smallest absolute Gasteiger partial charge is 0.138 e. The molecule has 0 saturated heterocycles. The van der Waals surface area contributed by atoms with Gasteiger partial charge in [0.1, 0.15) is 23.8 Å². The number of hydrogen-bond acceptors (Lipinski definition) is 4. The van der Waals surface area contributed by atoms with Crippen LogP contribution in [0.5, 0.6) is 0 Å². The molecule has 1 aromatic carbocycles. The lowest BCUT2D eigenvalue weighted by molar-refractivity contribution is 0.620. The fraction of sp³-hybridized carbons (Fsp3) is 0.333. The third-order valence-corrected chi connectivity index (χ3v) is 3.75. The molecular formula is C15H18BrFN4. The van der Waals surface area contributed by atoms with Crippen molar-refractivity contribution in [2.45, 2.75) is 27.2 Å². The van der Waals surface area contributed by atoms with Crippen molar-refractivity contribution in [3.05, 3.63) is 39.9 Å². The van der Waals surface area contributed by atoms with Crippen molar-refractivity contribution in [2.75, 3.05) is 17.2 Å². The Balaban J connectivity index is 2.29. The molecule has 112 valence electrons. The molecule has 2 aromatic rings. The molecule has 1 aromatic heterocycles. The fourth-order valence-electron chi connectivity index (χ4n) is 1.91. The van der Waals surface area contributed by atoms with Gasteiger partial charge in [-0.25, -0.2) is 14.4 Å². The second-order valence-electron chi connectivity index (χ2n) is 4.83.